The normalized spacial score (nSPS) is 13.0. The number of nitrogens with two attached hydrogens (primary N) is 1. The summed E-state index contributed by atoms with van der Waals surface area (Å²) in [6.45, 7) is 1.34. The zero-order valence-electron chi connectivity index (χ0n) is 29.7. The Morgan fingerprint density at radius 2 is 1.09 bits per heavy atom. The van der Waals surface area contributed by atoms with Crippen LogP contribution in [-0.2, 0) is 12.8 Å². The second kappa shape index (κ2) is 15.6. The number of nitrogen functional groups attached to an aromatic ring is 1. The second-order valence-electron chi connectivity index (χ2n) is 13.1. The Morgan fingerprint density at radius 3 is 1.62 bits per heavy atom. The van der Waals surface area contributed by atoms with Crippen LogP contribution in [0.3, 0.4) is 0 Å². The number of para-hydroxylation sites is 4. The third-order valence-corrected chi connectivity index (χ3v) is 9.65. The number of carbonyl (C=O) groups is 2. The number of amides is 2. The van der Waals surface area contributed by atoms with Crippen LogP contribution in [0, 0.1) is 0 Å². The van der Waals surface area contributed by atoms with Crippen molar-refractivity contribution in [1.82, 2.24) is 30.6 Å². The maximum absolute atomic E-state index is 12.1. The fraction of sp³-hybridized carbons (Fsp3) is 0.0909. The van der Waals surface area contributed by atoms with Crippen molar-refractivity contribution in [2.75, 3.05) is 24.1 Å². The van der Waals surface area contributed by atoms with Gasteiger partial charge in [-0.05, 0) is 60.7 Å². The number of halogens is 1. The SMILES string of the molecule is Nc1ccccc1.O=C1NCCc2[nH]c(-c3cccc4ccc(Cl)nc34)cc21.O=C1NCCc2[nH]c(-c3cccc4ccc(Nc5ccccc5)nc34)cc21. The first kappa shape index (κ1) is 35.1. The topological polar surface area (TPSA) is 154 Å². The summed E-state index contributed by atoms with van der Waals surface area (Å²) in [4.78, 5) is 40.0. The van der Waals surface area contributed by atoms with E-state index < -0.39 is 0 Å². The molecule has 10 rings (SSSR count). The van der Waals surface area contributed by atoms with Crippen LogP contribution in [0.4, 0.5) is 17.2 Å². The molecule has 0 radical (unpaired) electrons. The van der Waals surface area contributed by atoms with Gasteiger partial charge in [0.2, 0.25) is 0 Å². The van der Waals surface area contributed by atoms with Crippen molar-refractivity contribution in [2.45, 2.75) is 12.8 Å². The molecule has 10 nitrogen and oxygen atoms in total. The molecule has 11 heteroatoms. The van der Waals surface area contributed by atoms with E-state index in [-0.39, 0.29) is 11.8 Å². The third-order valence-electron chi connectivity index (χ3n) is 9.44. The summed E-state index contributed by atoms with van der Waals surface area (Å²) < 4.78 is 0. The molecular formula is C44H37ClN8O2. The molecule has 0 saturated carbocycles. The molecule has 4 aromatic heterocycles. The van der Waals surface area contributed by atoms with E-state index in [9.17, 15) is 9.59 Å². The van der Waals surface area contributed by atoms with Gasteiger partial charge in [0, 0.05) is 82.0 Å². The molecule has 8 aromatic rings. The van der Waals surface area contributed by atoms with Crippen molar-refractivity contribution >= 4 is 62.4 Å². The van der Waals surface area contributed by atoms with Gasteiger partial charge >= 0.3 is 0 Å². The monoisotopic (exact) mass is 744 g/mol. The van der Waals surface area contributed by atoms with Gasteiger partial charge in [0.1, 0.15) is 11.0 Å². The minimum Gasteiger partial charge on any atom is -0.399 e. The number of fused-ring (bicyclic) bond motifs is 4. The lowest BCUT2D eigenvalue weighted by molar-refractivity contribution is 0.0937. The standard InChI is InChI=1S/C22H18N4O.C16H12ClN3O.C6H7N/c27-22-17-13-19(25-18(17)11-12-23-22)16-8-4-5-14-9-10-20(26-21(14)16)24-15-6-2-1-3-7-15;17-14-5-4-9-2-1-3-10(15(9)20-14)13-8-11-12(19-13)6-7-18-16(11)21;7-6-4-2-1-3-5-6/h1-10,13,25H,11-12H2,(H,23,27)(H,24,26);1-5,8,19H,6-7H2,(H,18,21);1-5H,7H2. The molecule has 0 spiro atoms. The quantitative estimate of drug-likeness (QED) is 0.0783. The Labute approximate surface area is 322 Å². The maximum Gasteiger partial charge on any atom is 0.253 e. The van der Waals surface area contributed by atoms with Crippen LogP contribution >= 0.6 is 11.6 Å². The molecule has 0 bridgehead atoms. The van der Waals surface area contributed by atoms with Gasteiger partial charge in [0.15, 0.2) is 0 Å². The molecule has 0 atom stereocenters. The van der Waals surface area contributed by atoms with E-state index in [1.807, 2.05) is 121 Å². The van der Waals surface area contributed by atoms with Gasteiger partial charge in [-0.2, -0.15) is 0 Å². The van der Waals surface area contributed by atoms with Crippen LogP contribution in [0.1, 0.15) is 32.1 Å². The van der Waals surface area contributed by atoms with Crippen molar-refractivity contribution in [3.63, 3.8) is 0 Å². The molecule has 0 unspecified atom stereocenters. The first-order valence-corrected chi connectivity index (χ1v) is 18.4. The van der Waals surface area contributed by atoms with E-state index in [2.05, 4.69) is 37.0 Å². The van der Waals surface area contributed by atoms with Gasteiger partial charge in [-0.25, -0.2) is 9.97 Å². The van der Waals surface area contributed by atoms with Crippen molar-refractivity contribution in [1.29, 1.82) is 0 Å². The van der Waals surface area contributed by atoms with Crippen molar-refractivity contribution in [3.8, 4) is 22.5 Å². The number of carbonyl (C=O) groups excluding carboxylic acids is 2. The van der Waals surface area contributed by atoms with E-state index in [1.54, 1.807) is 6.07 Å². The number of benzene rings is 4. The number of anilines is 3. The van der Waals surface area contributed by atoms with E-state index >= 15 is 0 Å². The highest BCUT2D eigenvalue weighted by Crippen LogP contribution is 2.32. The highest BCUT2D eigenvalue weighted by atomic mass is 35.5. The van der Waals surface area contributed by atoms with Gasteiger partial charge < -0.3 is 31.7 Å². The van der Waals surface area contributed by atoms with Crippen molar-refractivity contribution in [2.24, 2.45) is 0 Å². The molecule has 7 N–H and O–H groups in total. The zero-order valence-corrected chi connectivity index (χ0v) is 30.5. The molecule has 272 valence electrons. The highest BCUT2D eigenvalue weighted by molar-refractivity contribution is 6.29. The lowest BCUT2D eigenvalue weighted by Gasteiger charge is -2.11. The number of nitrogens with zero attached hydrogens (tertiary/aromatic N) is 2. The third kappa shape index (κ3) is 7.76. The van der Waals surface area contributed by atoms with E-state index in [0.717, 1.165) is 96.9 Å². The fourth-order valence-corrected chi connectivity index (χ4v) is 6.92. The molecule has 0 aliphatic carbocycles. The average Bonchev–Trinajstić information content (AvgIpc) is 3.85. The van der Waals surface area contributed by atoms with Crippen LogP contribution in [0.2, 0.25) is 5.15 Å². The summed E-state index contributed by atoms with van der Waals surface area (Å²) in [6.07, 6.45) is 1.64. The fourth-order valence-electron chi connectivity index (χ4n) is 6.77. The maximum atomic E-state index is 12.1. The smallest absolute Gasteiger partial charge is 0.253 e. The average molecular weight is 745 g/mol. The number of pyridine rings is 2. The Morgan fingerprint density at radius 1 is 0.564 bits per heavy atom. The zero-order chi connectivity index (χ0) is 37.7. The molecule has 2 aliphatic rings. The van der Waals surface area contributed by atoms with Crippen molar-refractivity contribution in [3.05, 3.63) is 161 Å². The Kier molecular flexibility index (Phi) is 9.96. The minimum absolute atomic E-state index is 0.0154. The summed E-state index contributed by atoms with van der Waals surface area (Å²) in [5.41, 5.74) is 16.1. The predicted molar refractivity (Wildman–Crippen MR) is 221 cm³/mol. The number of H-pyrrole nitrogens is 2. The molecule has 0 saturated heterocycles. The van der Waals surface area contributed by atoms with Crippen LogP contribution in [0.5, 0.6) is 0 Å². The second-order valence-corrected chi connectivity index (χ2v) is 13.5. The molecule has 2 aliphatic heterocycles. The van der Waals surface area contributed by atoms with Crippen LogP contribution in [0.25, 0.3) is 44.3 Å². The molecule has 0 fully saturated rings. The van der Waals surface area contributed by atoms with Crippen LogP contribution in [0.15, 0.2) is 133 Å². The molecule has 55 heavy (non-hydrogen) atoms. The van der Waals surface area contributed by atoms with Crippen LogP contribution in [-0.4, -0.2) is 44.8 Å². The summed E-state index contributed by atoms with van der Waals surface area (Å²) >= 11 is 6.02. The summed E-state index contributed by atoms with van der Waals surface area (Å²) in [7, 11) is 0. The molecular weight excluding hydrogens is 708 g/mol. The largest absolute Gasteiger partial charge is 0.399 e. The number of aromatic amines is 2. The Bertz CT molecular complexity index is 2650. The number of hydrogen-bond acceptors (Lipinski definition) is 6. The van der Waals surface area contributed by atoms with Gasteiger partial charge in [-0.1, -0.05) is 84.4 Å². The van der Waals surface area contributed by atoms with Gasteiger partial charge in [0.25, 0.3) is 11.8 Å². The first-order valence-electron chi connectivity index (χ1n) is 18.0. The van der Waals surface area contributed by atoms with Gasteiger partial charge in [-0.15, -0.1) is 0 Å². The molecule has 6 heterocycles. The van der Waals surface area contributed by atoms with Gasteiger partial charge in [0.05, 0.1) is 22.2 Å². The van der Waals surface area contributed by atoms with E-state index in [0.29, 0.717) is 18.2 Å². The molecule has 4 aromatic carbocycles. The lowest BCUT2D eigenvalue weighted by Crippen LogP contribution is -2.31. The first-order chi connectivity index (χ1) is 26.9. The Hall–Kier alpha value is -6.91. The van der Waals surface area contributed by atoms with Gasteiger partial charge in [-0.3, -0.25) is 9.59 Å². The lowest BCUT2D eigenvalue weighted by atomic mass is 10.1. The Balaban J connectivity index is 0.000000135. The number of rotatable bonds is 4. The summed E-state index contributed by atoms with van der Waals surface area (Å²) in [5, 5.41) is 11.6. The van der Waals surface area contributed by atoms with E-state index in [4.69, 9.17) is 22.3 Å². The minimum atomic E-state index is -0.0232. The number of nitrogens with one attached hydrogen (secondary N) is 5. The van der Waals surface area contributed by atoms with E-state index in [1.165, 1.54) is 0 Å². The predicted octanol–water partition coefficient (Wildman–Crippen LogP) is 8.70. The number of hydrogen-bond donors (Lipinski definition) is 6. The molecule has 2 amide bonds. The van der Waals surface area contributed by atoms with Crippen LogP contribution < -0.4 is 21.7 Å². The summed E-state index contributed by atoms with van der Waals surface area (Å²) in [5.74, 6) is 0.749. The number of aromatic nitrogens is 4. The highest BCUT2D eigenvalue weighted by Gasteiger charge is 2.22. The summed E-state index contributed by atoms with van der Waals surface area (Å²) in [6, 6.07) is 43.1. The van der Waals surface area contributed by atoms with Crippen molar-refractivity contribution < 1.29 is 9.59 Å².